The van der Waals surface area contributed by atoms with Gasteiger partial charge in [-0.3, -0.25) is 9.59 Å². The van der Waals surface area contributed by atoms with Gasteiger partial charge in [0.15, 0.2) is 5.78 Å². The molecule has 4 aliphatic carbocycles. The molecular weight excluding hydrogens is 481 g/mol. The molecule has 6 heteroatoms. The number of allylic oxidation sites excluding steroid dienone is 4. The van der Waals surface area contributed by atoms with E-state index in [-0.39, 0.29) is 34.9 Å². The molecule has 0 aromatic rings. The summed E-state index contributed by atoms with van der Waals surface area (Å²) >= 11 is 2.28. The minimum Gasteiger partial charge on any atom is -0.393 e. The van der Waals surface area contributed by atoms with Crippen LogP contribution in [0.15, 0.2) is 23.8 Å². The van der Waals surface area contributed by atoms with Crippen molar-refractivity contribution in [2.45, 2.75) is 64.1 Å². The zero-order chi connectivity index (χ0) is 21.0. The number of amides is 1. The number of carbonyl (C=O) groups excluding carboxylic acids is 2. The van der Waals surface area contributed by atoms with Gasteiger partial charge < -0.3 is 15.5 Å². The van der Waals surface area contributed by atoms with E-state index >= 15 is 0 Å². The minimum absolute atomic E-state index is 0.0226. The summed E-state index contributed by atoms with van der Waals surface area (Å²) in [4.78, 5) is 24.9. The van der Waals surface area contributed by atoms with E-state index in [1.807, 2.05) is 13.0 Å². The Hall–Kier alpha value is -0.730. The van der Waals surface area contributed by atoms with Crippen LogP contribution < -0.4 is 5.32 Å². The molecular formula is C23H32INO4. The van der Waals surface area contributed by atoms with Crippen LogP contribution in [-0.2, 0) is 9.59 Å². The van der Waals surface area contributed by atoms with Crippen LogP contribution in [0.4, 0.5) is 0 Å². The Morgan fingerprint density at radius 2 is 2.10 bits per heavy atom. The average Bonchev–Trinajstić information content (AvgIpc) is 2.94. The summed E-state index contributed by atoms with van der Waals surface area (Å²) in [5.41, 5.74) is -1.25. The van der Waals surface area contributed by atoms with Crippen LogP contribution in [0, 0.1) is 28.6 Å². The molecule has 3 fully saturated rings. The van der Waals surface area contributed by atoms with Crippen LogP contribution in [-0.4, -0.2) is 44.6 Å². The molecule has 3 saturated carbocycles. The van der Waals surface area contributed by atoms with Crippen molar-refractivity contribution in [3.05, 3.63) is 23.8 Å². The van der Waals surface area contributed by atoms with E-state index in [2.05, 4.69) is 34.8 Å². The summed E-state index contributed by atoms with van der Waals surface area (Å²) in [6, 6.07) is 0. The Bertz CT molecular complexity index is 779. The van der Waals surface area contributed by atoms with Crippen LogP contribution in [0.25, 0.3) is 0 Å². The van der Waals surface area contributed by atoms with Crippen molar-refractivity contribution in [2.75, 3.05) is 11.0 Å². The van der Waals surface area contributed by atoms with Crippen molar-refractivity contribution in [1.29, 1.82) is 0 Å². The van der Waals surface area contributed by atoms with Crippen molar-refractivity contribution in [1.82, 2.24) is 5.32 Å². The molecule has 7 atom stereocenters. The molecule has 1 amide bonds. The lowest BCUT2D eigenvalue weighted by Gasteiger charge is -2.59. The third-order valence-corrected chi connectivity index (χ3v) is 9.38. The maximum Gasteiger partial charge on any atom is 0.252 e. The van der Waals surface area contributed by atoms with Crippen molar-refractivity contribution in [3.63, 3.8) is 0 Å². The number of hydrogen-bond donors (Lipinski definition) is 3. The van der Waals surface area contributed by atoms with Crippen LogP contribution in [0.2, 0.25) is 0 Å². The molecule has 0 radical (unpaired) electrons. The van der Waals surface area contributed by atoms with Gasteiger partial charge in [0.05, 0.1) is 6.10 Å². The fraction of sp³-hybridized carbons (Fsp3) is 0.739. The second-order valence-corrected chi connectivity index (χ2v) is 11.0. The normalized spacial score (nSPS) is 45.8. The molecule has 4 rings (SSSR count). The molecule has 160 valence electrons. The van der Waals surface area contributed by atoms with E-state index in [0.29, 0.717) is 19.4 Å². The third-order valence-electron chi connectivity index (χ3n) is 8.62. The van der Waals surface area contributed by atoms with E-state index < -0.39 is 17.1 Å². The fourth-order valence-corrected chi connectivity index (χ4v) is 7.50. The number of aliphatic hydroxyl groups is 2. The standard InChI is InChI=1S/C23H32INO4/c1-21-8-6-15(26)12-14(21)4-5-16-17-7-9-23(29,20(28)25-11-3-10-24)22(17,2)13-18(27)19(16)21/h6,8,12,16-19,27,29H,3-5,7,9-11,13H2,1-2H3,(H,25,28)/t16-,17-,18-,19+,21-,22-,23-/m0/s1. The van der Waals surface area contributed by atoms with Crippen molar-refractivity contribution in [3.8, 4) is 0 Å². The Kier molecular flexibility index (Phi) is 5.52. The molecule has 4 aliphatic rings. The SMILES string of the molecule is C[C@]12C=CC(=O)C=C1CC[C@@H]1[C@@H]2[C@@H](O)C[C@@]2(C)[C@H]1CC[C@]2(O)C(=O)NCCCI. The number of ketones is 1. The largest absolute Gasteiger partial charge is 0.393 e. The first-order chi connectivity index (χ1) is 13.7. The number of nitrogens with one attached hydrogen (secondary N) is 1. The van der Waals surface area contributed by atoms with Gasteiger partial charge in [-0.1, -0.05) is 48.1 Å². The molecule has 0 saturated heterocycles. The topological polar surface area (TPSA) is 86.6 Å². The lowest BCUT2D eigenvalue weighted by Crippen LogP contribution is -2.63. The maximum atomic E-state index is 13.0. The van der Waals surface area contributed by atoms with Crippen LogP contribution in [0.1, 0.15) is 52.4 Å². The third kappa shape index (κ3) is 3.07. The highest BCUT2D eigenvalue weighted by atomic mass is 127. The predicted octanol–water partition coefficient (Wildman–Crippen LogP) is 2.94. The summed E-state index contributed by atoms with van der Waals surface area (Å²) in [5.74, 6) is 0.211. The summed E-state index contributed by atoms with van der Waals surface area (Å²) in [6.07, 6.45) is 9.07. The quantitative estimate of drug-likeness (QED) is 0.307. The van der Waals surface area contributed by atoms with E-state index in [1.54, 1.807) is 12.2 Å². The number of halogens is 1. The molecule has 5 nitrogen and oxygen atoms in total. The molecule has 0 heterocycles. The summed E-state index contributed by atoms with van der Waals surface area (Å²) in [6.45, 7) is 4.72. The highest BCUT2D eigenvalue weighted by Crippen LogP contribution is 2.66. The van der Waals surface area contributed by atoms with E-state index in [0.717, 1.165) is 35.7 Å². The molecule has 0 aromatic carbocycles. The minimum atomic E-state index is -1.43. The number of carbonyl (C=O) groups is 2. The van der Waals surface area contributed by atoms with Gasteiger partial charge in [-0.2, -0.15) is 0 Å². The van der Waals surface area contributed by atoms with Gasteiger partial charge in [-0.15, -0.1) is 0 Å². The summed E-state index contributed by atoms with van der Waals surface area (Å²) < 4.78 is 0.962. The van der Waals surface area contributed by atoms with Gasteiger partial charge in [-0.25, -0.2) is 0 Å². The Balaban J connectivity index is 1.64. The first-order valence-electron chi connectivity index (χ1n) is 10.9. The predicted molar refractivity (Wildman–Crippen MR) is 119 cm³/mol. The van der Waals surface area contributed by atoms with Gasteiger partial charge in [-0.05, 0) is 62.5 Å². The van der Waals surface area contributed by atoms with Gasteiger partial charge in [0.25, 0.3) is 5.91 Å². The van der Waals surface area contributed by atoms with Crippen LogP contribution in [0.3, 0.4) is 0 Å². The van der Waals surface area contributed by atoms with Gasteiger partial charge in [0.2, 0.25) is 0 Å². The monoisotopic (exact) mass is 513 g/mol. The highest BCUT2D eigenvalue weighted by Gasteiger charge is 2.68. The number of fused-ring (bicyclic) bond motifs is 5. The van der Waals surface area contributed by atoms with E-state index in [4.69, 9.17) is 0 Å². The Morgan fingerprint density at radius 3 is 2.83 bits per heavy atom. The maximum absolute atomic E-state index is 13.0. The molecule has 0 aromatic heterocycles. The summed E-state index contributed by atoms with van der Waals surface area (Å²) in [5, 5.41) is 25.8. The number of rotatable bonds is 4. The molecule has 0 unspecified atom stereocenters. The van der Waals surface area contributed by atoms with E-state index in [1.165, 1.54) is 0 Å². The molecule has 0 bridgehead atoms. The van der Waals surface area contributed by atoms with Crippen molar-refractivity contribution < 1.29 is 19.8 Å². The second-order valence-electron chi connectivity index (χ2n) is 9.91. The smallest absolute Gasteiger partial charge is 0.252 e. The first kappa shape index (κ1) is 21.5. The average molecular weight is 513 g/mol. The Morgan fingerprint density at radius 1 is 1.34 bits per heavy atom. The lowest BCUT2D eigenvalue weighted by molar-refractivity contribution is -0.178. The van der Waals surface area contributed by atoms with Gasteiger partial charge in [0, 0.05) is 27.7 Å². The van der Waals surface area contributed by atoms with Crippen molar-refractivity contribution in [2.24, 2.45) is 28.6 Å². The van der Waals surface area contributed by atoms with Crippen LogP contribution in [0.5, 0.6) is 0 Å². The fourth-order valence-electron chi connectivity index (χ4n) is 7.12. The number of alkyl halides is 1. The zero-order valence-electron chi connectivity index (χ0n) is 17.3. The van der Waals surface area contributed by atoms with Crippen molar-refractivity contribution >= 4 is 34.3 Å². The number of aliphatic hydroxyl groups excluding tert-OH is 1. The highest BCUT2D eigenvalue weighted by molar-refractivity contribution is 14.1. The molecule has 0 aliphatic heterocycles. The van der Waals surface area contributed by atoms with Gasteiger partial charge in [0.1, 0.15) is 5.60 Å². The molecule has 0 spiro atoms. The molecule has 3 N–H and O–H groups in total. The lowest BCUT2D eigenvalue weighted by atomic mass is 9.46. The first-order valence-corrected chi connectivity index (χ1v) is 12.4. The van der Waals surface area contributed by atoms with Gasteiger partial charge >= 0.3 is 0 Å². The summed E-state index contributed by atoms with van der Waals surface area (Å²) in [7, 11) is 0. The van der Waals surface area contributed by atoms with Crippen LogP contribution >= 0.6 is 22.6 Å². The second kappa shape index (κ2) is 7.45. The number of hydrogen-bond acceptors (Lipinski definition) is 4. The van der Waals surface area contributed by atoms with E-state index in [9.17, 15) is 19.8 Å². The molecule has 29 heavy (non-hydrogen) atoms. The Labute approximate surface area is 186 Å². The zero-order valence-corrected chi connectivity index (χ0v) is 19.4.